The highest BCUT2D eigenvalue weighted by Gasteiger charge is 2.11. The number of halogens is 1. The summed E-state index contributed by atoms with van der Waals surface area (Å²) in [5.74, 6) is 2.39. The Balaban J connectivity index is 1.37. The molecular weight excluding hydrogens is 396 g/mol. The number of carbonyl (C=O) groups is 1. The lowest BCUT2D eigenvalue weighted by Gasteiger charge is -2.17. The van der Waals surface area contributed by atoms with Crippen molar-refractivity contribution in [2.45, 2.75) is 5.75 Å². The molecule has 3 aromatic rings. The summed E-state index contributed by atoms with van der Waals surface area (Å²) in [4.78, 5) is 18.4. The molecule has 0 N–H and O–H groups in total. The van der Waals surface area contributed by atoms with Crippen LogP contribution in [0.5, 0.6) is 5.75 Å². The number of nitrogens with zero attached hydrogens (tertiary/aromatic N) is 2. The average Bonchev–Trinajstić information content (AvgIpc) is 3.19. The van der Waals surface area contributed by atoms with Crippen molar-refractivity contribution in [1.82, 2.24) is 9.88 Å². The Morgan fingerprint density at radius 3 is 2.68 bits per heavy atom. The summed E-state index contributed by atoms with van der Waals surface area (Å²) in [5, 5.41) is 0.666. The maximum Gasteiger partial charge on any atom is 0.232 e. The summed E-state index contributed by atoms with van der Waals surface area (Å²) in [7, 11) is 1.78. The van der Waals surface area contributed by atoms with Gasteiger partial charge in [-0.15, -0.1) is 11.8 Å². The molecule has 0 spiro atoms. The number of amides is 1. The number of rotatable bonds is 9. The van der Waals surface area contributed by atoms with Crippen molar-refractivity contribution in [3.05, 3.63) is 71.6 Å². The number of likely N-dealkylation sites (N-methyl/N-ethyl adjacent to an activating group) is 1. The van der Waals surface area contributed by atoms with E-state index in [1.165, 1.54) is 11.8 Å². The third-order valence-electron chi connectivity index (χ3n) is 3.98. The van der Waals surface area contributed by atoms with E-state index < -0.39 is 0 Å². The van der Waals surface area contributed by atoms with E-state index in [0.29, 0.717) is 35.6 Å². The Kier molecular flexibility index (Phi) is 7.39. The monoisotopic (exact) mass is 416 g/mol. The van der Waals surface area contributed by atoms with Gasteiger partial charge in [-0.1, -0.05) is 29.8 Å². The zero-order valence-electron chi connectivity index (χ0n) is 15.5. The summed E-state index contributed by atoms with van der Waals surface area (Å²) in [5.41, 5.74) is 1.76. The summed E-state index contributed by atoms with van der Waals surface area (Å²) in [6, 6.07) is 16.9. The molecular formula is C21H21ClN2O3S. The largest absolute Gasteiger partial charge is 0.492 e. The summed E-state index contributed by atoms with van der Waals surface area (Å²) >= 11 is 7.36. The first-order valence-electron chi connectivity index (χ1n) is 8.82. The van der Waals surface area contributed by atoms with Crippen LogP contribution >= 0.6 is 23.4 Å². The zero-order valence-corrected chi connectivity index (χ0v) is 17.1. The van der Waals surface area contributed by atoms with Gasteiger partial charge in [0.1, 0.15) is 18.6 Å². The second-order valence-corrected chi connectivity index (χ2v) is 7.54. The second kappa shape index (κ2) is 10.2. The van der Waals surface area contributed by atoms with E-state index in [2.05, 4.69) is 4.98 Å². The van der Waals surface area contributed by atoms with Gasteiger partial charge >= 0.3 is 0 Å². The molecule has 0 fully saturated rings. The van der Waals surface area contributed by atoms with Crippen LogP contribution in [-0.4, -0.2) is 41.7 Å². The highest BCUT2D eigenvalue weighted by atomic mass is 35.5. The summed E-state index contributed by atoms with van der Waals surface area (Å²) < 4.78 is 11.1. The predicted molar refractivity (Wildman–Crippen MR) is 113 cm³/mol. The Morgan fingerprint density at radius 2 is 1.93 bits per heavy atom. The Labute approximate surface area is 173 Å². The lowest BCUT2D eigenvalue weighted by atomic mass is 10.2. The molecule has 1 aromatic heterocycles. The van der Waals surface area contributed by atoms with E-state index in [1.807, 2.05) is 42.5 Å². The van der Waals surface area contributed by atoms with E-state index >= 15 is 0 Å². The fourth-order valence-electron chi connectivity index (χ4n) is 2.40. The van der Waals surface area contributed by atoms with Gasteiger partial charge in [0.25, 0.3) is 0 Å². The molecule has 0 aliphatic rings. The van der Waals surface area contributed by atoms with E-state index in [4.69, 9.17) is 20.8 Å². The van der Waals surface area contributed by atoms with Crippen LogP contribution in [0.4, 0.5) is 0 Å². The molecule has 0 saturated heterocycles. The fourth-order valence-corrected chi connectivity index (χ4v) is 3.36. The first-order chi connectivity index (χ1) is 13.6. The normalized spacial score (nSPS) is 10.6. The van der Waals surface area contributed by atoms with E-state index in [0.717, 1.165) is 17.0 Å². The van der Waals surface area contributed by atoms with Crippen molar-refractivity contribution in [1.29, 1.82) is 0 Å². The van der Waals surface area contributed by atoms with Crippen LogP contribution < -0.4 is 4.74 Å². The third kappa shape index (κ3) is 6.04. The van der Waals surface area contributed by atoms with E-state index in [1.54, 1.807) is 30.3 Å². The molecule has 5 nitrogen and oxygen atoms in total. The van der Waals surface area contributed by atoms with Crippen molar-refractivity contribution in [2.75, 3.05) is 26.0 Å². The smallest absolute Gasteiger partial charge is 0.232 e. The van der Waals surface area contributed by atoms with E-state index in [9.17, 15) is 4.79 Å². The molecule has 1 amide bonds. The molecule has 0 unspecified atom stereocenters. The number of oxazole rings is 1. The van der Waals surface area contributed by atoms with Crippen LogP contribution in [0, 0.1) is 0 Å². The fraction of sp³-hybridized carbons (Fsp3) is 0.238. The van der Waals surface area contributed by atoms with Gasteiger partial charge in [-0.2, -0.15) is 0 Å². The third-order valence-corrected chi connectivity index (χ3v) is 5.19. The number of thioether (sulfide) groups is 1. The Bertz CT molecular complexity index is 884. The number of ether oxygens (including phenoxy) is 1. The minimum absolute atomic E-state index is 0.0523. The van der Waals surface area contributed by atoms with Crippen LogP contribution in [0.1, 0.15) is 5.69 Å². The van der Waals surface area contributed by atoms with Crippen molar-refractivity contribution < 1.29 is 13.9 Å². The number of hydrogen-bond donors (Lipinski definition) is 0. The molecule has 0 radical (unpaired) electrons. The van der Waals surface area contributed by atoms with Gasteiger partial charge in [0.2, 0.25) is 11.8 Å². The van der Waals surface area contributed by atoms with Gasteiger partial charge < -0.3 is 14.1 Å². The molecule has 0 aliphatic heterocycles. The van der Waals surface area contributed by atoms with Crippen LogP contribution in [-0.2, 0) is 10.5 Å². The van der Waals surface area contributed by atoms with Crippen LogP contribution in [0.3, 0.4) is 0 Å². The van der Waals surface area contributed by atoms with Gasteiger partial charge in [-0.25, -0.2) is 4.98 Å². The molecule has 0 bridgehead atoms. The molecule has 7 heteroatoms. The molecule has 0 saturated carbocycles. The highest BCUT2D eigenvalue weighted by Crippen LogP contribution is 2.20. The quantitative estimate of drug-likeness (QED) is 0.503. The standard InChI is InChI=1S/C21H21ClN2O3S/c1-24(11-12-26-19-9-7-17(22)8-10-19)20(25)15-28-14-18-13-27-21(23-18)16-5-3-2-4-6-16/h2-10,13H,11-12,14-15H2,1H3. The van der Waals surface area contributed by atoms with Crippen molar-refractivity contribution in [3.8, 4) is 17.2 Å². The first kappa shape index (κ1) is 20.3. The minimum Gasteiger partial charge on any atom is -0.492 e. The summed E-state index contributed by atoms with van der Waals surface area (Å²) in [6.45, 7) is 0.947. The SMILES string of the molecule is CN(CCOc1ccc(Cl)cc1)C(=O)CSCc1coc(-c2ccccc2)n1. The molecule has 2 aromatic carbocycles. The van der Waals surface area contributed by atoms with E-state index in [-0.39, 0.29) is 5.91 Å². The first-order valence-corrected chi connectivity index (χ1v) is 10.3. The lowest BCUT2D eigenvalue weighted by Crippen LogP contribution is -2.32. The lowest BCUT2D eigenvalue weighted by molar-refractivity contribution is -0.127. The second-order valence-electron chi connectivity index (χ2n) is 6.12. The van der Waals surface area contributed by atoms with Crippen LogP contribution in [0.2, 0.25) is 5.02 Å². The molecule has 146 valence electrons. The number of benzene rings is 2. The Hall–Kier alpha value is -2.44. The van der Waals surface area contributed by atoms with Crippen LogP contribution in [0.15, 0.2) is 65.3 Å². The number of carbonyl (C=O) groups excluding carboxylic acids is 1. The number of aromatic nitrogens is 1. The number of hydrogen-bond acceptors (Lipinski definition) is 5. The maximum atomic E-state index is 12.2. The zero-order chi connectivity index (χ0) is 19.8. The van der Waals surface area contributed by atoms with Crippen LogP contribution in [0.25, 0.3) is 11.5 Å². The van der Waals surface area contributed by atoms with Gasteiger partial charge in [-0.05, 0) is 36.4 Å². The molecule has 0 atom stereocenters. The van der Waals surface area contributed by atoms with Gasteiger partial charge in [0.15, 0.2) is 0 Å². The van der Waals surface area contributed by atoms with Crippen molar-refractivity contribution >= 4 is 29.3 Å². The topological polar surface area (TPSA) is 55.6 Å². The van der Waals surface area contributed by atoms with Crippen molar-refractivity contribution in [3.63, 3.8) is 0 Å². The molecule has 1 heterocycles. The molecule has 3 rings (SSSR count). The Morgan fingerprint density at radius 1 is 1.18 bits per heavy atom. The molecule has 0 aliphatic carbocycles. The average molecular weight is 417 g/mol. The highest BCUT2D eigenvalue weighted by molar-refractivity contribution is 7.99. The van der Waals surface area contributed by atoms with Gasteiger partial charge in [-0.3, -0.25) is 4.79 Å². The van der Waals surface area contributed by atoms with Gasteiger partial charge in [0.05, 0.1) is 18.0 Å². The van der Waals surface area contributed by atoms with Crippen molar-refractivity contribution in [2.24, 2.45) is 0 Å². The van der Waals surface area contributed by atoms with Gasteiger partial charge in [0, 0.05) is 23.4 Å². The minimum atomic E-state index is 0.0523. The maximum absolute atomic E-state index is 12.2. The summed E-state index contributed by atoms with van der Waals surface area (Å²) in [6.07, 6.45) is 1.64. The predicted octanol–water partition coefficient (Wildman–Crippen LogP) is 4.77. The molecule has 28 heavy (non-hydrogen) atoms.